The molecule has 0 unspecified atom stereocenters. The molecule has 29 heavy (non-hydrogen) atoms. The van der Waals surface area contributed by atoms with Gasteiger partial charge in [0, 0.05) is 17.9 Å². The fourth-order valence-corrected chi connectivity index (χ4v) is 0. The van der Waals surface area contributed by atoms with Gasteiger partial charge in [0.05, 0.1) is 37.7 Å². The van der Waals surface area contributed by atoms with Crippen molar-refractivity contribution in [2.24, 2.45) is 0 Å². The third-order valence-electron chi connectivity index (χ3n) is 0.387. The number of carbonyl (C=O) groups excluding carboxylic acids is 6. The summed E-state index contributed by atoms with van der Waals surface area (Å²) in [7, 11) is 0. The van der Waals surface area contributed by atoms with E-state index in [1.54, 1.807) is 0 Å². The van der Waals surface area contributed by atoms with Gasteiger partial charge in [0.1, 0.15) is 0 Å². The van der Waals surface area contributed by atoms with E-state index < -0.39 is 55.6 Å². The summed E-state index contributed by atoms with van der Waals surface area (Å²) in [5.74, 6) is -7.57. The van der Waals surface area contributed by atoms with Crippen LogP contribution in [0.3, 0.4) is 0 Å². The quantitative estimate of drug-likeness (QED) is 0.295. The van der Waals surface area contributed by atoms with E-state index in [0.29, 0.717) is 0 Å². The summed E-state index contributed by atoms with van der Waals surface area (Å²) in [4.78, 5) is 53.7. The third-order valence-corrected chi connectivity index (χ3v) is 0.387. The van der Waals surface area contributed by atoms with Crippen LogP contribution in [0.1, 0.15) is 20.8 Å². The maximum Gasteiger partial charge on any atom is 3.00 e. The predicted molar refractivity (Wildman–Crippen MR) is 68.3 cm³/mol. The molecule has 0 bridgehead atoms. The molecule has 0 saturated heterocycles. The molecule has 0 fully saturated rings. The molecule has 0 rings (SSSR count). The first-order valence-electron chi connectivity index (χ1n) is 5.96. The normalized spacial score (nSPS) is 6.41. The van der Waals surface area contributed by atoms with Crippen molar-refractivity contribution in [1.29, 1.82) is 0 Å². The topological polar surface area (TPSA) is 301 Å². The molecule has 0 saturated carbocycles. The molecule has 0 aliphatic carbocycles. The average molecular weight is 514 g/mol. The van der Waals surface area contributed by atoms with Crippen molar-refractivity contribution in [3.63, 3.8) is 0 Å². The van der Waals surface area contributed by atoms with Crippen molar-refractivity contribution in [3.8, 4) is 0 Å². The SMILES string of the molecule is CC(=O)[O-].CC(=O)[O-].CC(=O)[O-].O=C([O-])CO.O=C([O-])CO.O=C([O-])CO.[Fe+3].[Fe+3]. The van der Waals surface area contributed by atoms with Crippen LogP contribution in [0.25, 0.3) is 0 Å². The van der Waals surface area contributed by atoms with E-state index in [1.807, 2.05) is 0 Å². The van der Waals surface area contributed by atoms with Gasteiger partial charge in [-0.3, -0.25) is 0 Å². The van der Waals surface area contributed by atoms with Gasteiger partial charge in [0.2, 0.25) is 0 Å². The standard InChI is InChI=1S/3C2H4O3.3C2H4O2.2Fe/c3*3-1-2(4)5;3*1-2(3)4;;/h3*3H,1H2,(H,4,5);3*1H3,(H,3,4);;/q;;;;;;2*+3/p-6. The summed E-state index contributed by atoms with van der Waals surface area (Å²) in [6.45, 7) is 0.250. The van der Waals surface area contributed by atoms with E-state index in [1.165, 1.54) is 0 Å². The van der Waals surface area contributed by atoms with Crippen LogP contribution in [-0.4, -0.2) is 71.0 Å². The minimum atomic E-state index is -1.44. The maximum atomic E-state index is 9.01. The molecule has 3 N–H and O–H groups in total. The molecule has 0 spiro atoms. The van der Waals surface area contributed by atoms with Crippen LogP contribution in [0.15, 0.2) is 0 Å². The molecule has 0 aromatic heterocycles. The van der Waals surface area contributed by atoms with E-state index in [-0.39, 0.29) is 34.1 Å². The van der Waals surface area contributed by atoms with Crippen LogP contribution in [-0.2, 0) is 62.9 Å². The van der Waals surface area contributed by atoms with Crippen LogP contribution < -0.4 is 30.6 Å². The monoisotopic (exact) mass is 514 g/mol. The van der Waals surface area contributed by atoms with Gasteiger partial charge in [0.25, 0.3) is 0 Å². The molecule has 0 aromatic carbocycles. The Kier molecular flexibility index (Phi) is 78.0. The van der Waals surface area contributed by atoms with Crippen molar-refractivity contribution < 1.29 is 109 Å². The molecule has 0 aliphatic rings. The van der Waals surface area contributed by atoms with Gasteiger partial charge >= 0.3 is 34.1 Å². The zero-order valence-electron chi connectivity index (χ0n) is 15.1. The van der Waals surface area contributed by atoms with Crippen molar-refractivity contribution in [1.82, 2.24) is 0 Å². The third kappa shape index (κ3) is 1040. The Labute approximate surface area is 185 Å². The molecular weight excluding hydrogens is 496 g/mol. The van der Waals surface area contributed by atoms with Gasteiger partial charge in [-0.05, 0) is 20.8 Å². The summed E-state index contributed by atoms with van der Waals surface area (Å²) < 4.78 is 0. The molecule has 0 atom stereocenters. The molecule has 2 radical (unpaired) electrons. The van der Waals surface area contributed by atoms with Gasteiger partial charge in [-0.15, -0.1) is 0 Å². The number of aliphatic hydroxyl groups excluding tert-OH is 3. The second-order valence-electron chi connectivity index (χ2n) is 3.07. The van der Waals surface area contributed by atoms with Crippen LogP contribution in [0.2, 0.25) is 0 Å². The van der Waals surface area contributed by atoms with Gasteiger partial charge in [-0.2, -0.15) is 0 Å². The Morgan fingerprint density at radius 1 is 0.483 bits per heavy atom. The van der Waals surface area contributed by atoms with Crippen LogP contribution >= 0.6 is 0 Å². The minimum Gasteiger partial charge on any atom is -0.550 e. The Morgan fingerprint density at radius 2 is 0.517 bits per heavy atom. The van der Waals surface area contributed by atoms with E-state index in [4.69, 9.17) is 74.7 Å². The molecule has 15 nitrogen and oxygen atoms in total. The molecule has 0 amide bonds. The van der Waals surface area contributed by atoms with Gasteiger partial charge in [-0.1, -0.05) is 0 Å². The number of hydrogen-bond acceptors (Lipinski definition) is 15. The minimum absolute atomic E-state index is 0. The number of aliphatic carboxylic acids is 6. The molecule has 17 heteroatoms. The molecule has 0 heterocycles. The predicted octanol–water partition coefficient (Wildman–Crippen LogP) is -10.6. The first-order valence-corrected chi connectivity index (χ1v) is 5.96. The second-order valence-corrected chi connectivity index (χ2v) is 3.07. The summed E-state index contributed by atoms with van der Waals surface area (Å²) in [6.07, 6.45) is 0. The average Bonchev–Trinajstić information content (AvgIpc) is 2.46. The summed E-state index contributed by atoms with van der Waals surface area (Å²) in [5, 5.41) is 76.1. The van der Waals surface area contributed by atoms with E-state index >= 15 is 0 Å². The van der Waals surface area contributed by atoms with Crippen LogP contribution in [0, 0.1) is 0 Å². The van der Waals surface area contributed by atoms with Gasteiger partial charge in [-0.25, -0.2) is 0 Å². The van der Waals surface area contributed by atoms with E-state index in [9.17, 15) is 0 Å². The number of rotatable bonds is 3. The molecule has 0 aromatic rings. The fraction of sp³-hybridized carbons (Fsp3) is 0.500. The number of carboxylic acids is 6. The number of aliphatic hydroxyl groups is 3. The van der Waals surface area contributed by atoms with Crippen molar-refractivity contribution in [3.05, 3.63) is 0 Å². The fourth-order valence-electron chi connectivity index (χ4n) is 0. The summed E-state index contributed by atoms with van der Waals surface area (Å²) in [6, 6.07) is 0. The zero-order chi connectivity index (χ0) is 23.6. The molecular formula is C12H18Fe2O15. The first-order chi connectivity index (χ1) is 12.0. The second kappa shape index (κ2) is 44.9. The largest absolute Gasteiger partial charge is 3.00 e. The van der Waals surface area contributed by atoms with Crippen molar-refractivity contribution in [2.75, 3.05) is 19.8 Å². The van der Waals surface area contributed by atoms with E-state index in [2.05, 4.69) is 0 Å². The van der Waals surface area contributed by atoms with Crippen LogP contribution in [0.4, 0.5) is 0 Å². The van der Waals surface area contributed by atoms with Crippen molar-refractivity contribution in [2.45, 2.75) is 20.8 Å². The Bertz CT molecular complexity index is 352. The molecule has 0 aliphatic heterocycles. The van der Waals surface area contributed by atoms with Gasteiger partial charge < -0.3 is 74.7 Å². The van der Waals surface area contributed by atoms with E-state index in [0.717, 1.165) is 20.8 Å². The first kappa shape index (κ1) is 50.4. The Hall–Kier alpha value is -2.26. The number of carbonyl (C=O) groups is 6. The van der Waals surface area contributed by atoms with Crippen molar-refractivity contribution >= 4 is 35.8 Å². The summed E-state index contributed by atoms with van der Waals surface area (Å²) >= 11 is 0. The number of hydrogen-bond donors (Lipinski definition) is 3. The summed E-state index contributed by atoms with van der Waals surface area (Å²) in [5.41, 5.74) is 0. The van der Waals surface area contributed by atoms with Gasteiger partial charge in [0.15, 0.2) is 0 Å². The Morgan fingerprint density at radius 3 is 0.517 bits per heavy atom. The Balaban J connectivity index is -0.0000000301. The zero-order valence-corrected chi connectivity index (χ0v) is 17.3. The number of carboxylic acid groups (broad SMARTS) is 6. The molecule has 172 valence electrons. The smallest absolute Gasteiger partial charge is 0.550 e. The van der Waals surface area contributed by atoms with Crippen LogP contribution in [0.5, 0.6) is 0 Å². The maximum absolute atomic E-state index is 9.01.